The molecule has 0 aliphatic carbocycles. The van der Waals surface area contributed by atoms with Gasteiger partial charge in [-0.15, -0.1) is 0 Å². The molecule has 10 saturated heterocycles. The van der Waals surface area contributed by atoms with E-state index < -0.39 is 6.51 Å². The Morgan fingerprint density at radius 2 is 1.56 bits per heavy atom. The molecule has 1 nitrogen and oxygen atoms in total. The Morgan fingerprint density at radius 3 is 1.83 bits per heavy atom. The first kappa shape index (κ1) is 7.27. The van der Waals surface area contributed by atoms with Gasteiger partial charge in [-0.2, -0.15) is 0 Å². The van der Waals surface area contributed by atoms with Gasteiger partial charge in [0.15, 0.2) is 0 Å². The first-order valence-electron chi connectivity index (χ1n) is 8.11. The number of fused-ring (bicyclic) bond motifs is 10. The molecule has 10 fully saturated rings. The molecule has 0 aromatic heterocycles. The van der Waals surface area contributed by atoms with Gasteiger partial charge in [0.1, 0.15) is 0 Å². The summed E-state index contributed by atoms with van der Waals surface area (Å²) >= 11 is 0. The molecule has 10 heterocycles. The summed E-state index contributed by atoms with van der Waals surface area (Å²) in [6.07, 6.45) is 2.93. The number of carbonyl (C=O) groups excluding carboxylic acids is 1. The summed E-state index contributed by atoms with van der Waals surface area (Å²) in [4.78, 5) is 21.6. The van der Waals surface area contributed by atoms with E-state index in [1.54, 1.807) is 0 Å². The number of rotatable bonds is 3. The molecule has 5 atom stereocenters. The van der Waals surface area contributed by atoms with Crippen molar-refractivity contribution < 1.29 is 11.3 Å². The Morgan fingerprint density at radius 1 is 1.00 bits per heavy atom. The predicted molar refractivity (Wildman–Crippen MR) is 65.6 cm³/mol. The van der Waals surface area contributed by atoms with E-state index in [-0.39, 0.29) is 0 Å². The van der Waals surface area contributed by atoms with Crippen molar-refractivity contribution in [1.29, 1.82) is 0 Å². The van der Waals surface area contributed by atoms with Crippen molar-refractivity contribution in [3.63, 3.8) is 0 Å². The van der Waals surface area contributed by atoms with Crippen LogP contribution in [0.15, 0.2) is 0 Å². The molecular weight excluding hydrogens is 264 g/mol. The summed E-state index contributed by atoms with van der Waals surface area (Å²) in [7, 11) is 0. The molecular formula is C16H20FeO. The third-order valence-electron chi connectivity index (χ3n) is 17.2. The van der Waals surface area contributed by atoms with Crippen LogP contribution in [0.4, 0.5) is 0 Å². The molecule has 5 unspecified atom stereocenters. The van der Waals surface area contributed by atoms with Gasteiger partial charge in [-0.25, -0.2) is 0 Å². The van der Waals surface area contributed by atoms with Crippen molar-refractivity contribution in [3.05, 3.63) is 0 Å². The molecule has 0 radical (unpaired) electrons. The molecule has 0 bridgehead atoms. The second-order valence-corrected chi connectivity index (χ2v) is 34.5. The molecule has 0 saturated carbocycles. The van der Waals surface area contributed by atoms with Gasteiger partial charge in [0.2, 0.25) is 0 Å². The summed E-state index contributed by atoms with van der Waals surface area (Å²) < 4.78 is 2.12. The van der Waals surface area contributed by atoms with Crippen LogP contribution >= 0.6 is 0 Å². The standard InChI is InChI=1S/C11H15O.C5H5.Fe/c1-4-9-6-7-11(8(3)12)10(9)5-2;1-2-4-5-3-1;/h6-7H,4-5H2,1-3H3;1-5H;. The Hall–Kier alpha value is 0.189. The van der Waals surface area contributed by atoms with E-state index in [1.807, 2.05) is 6.92 Å². The average Bonchev–Trinajstić information content (AvgIpc) is 3.30. The van der Waals surface area contributed by atoms with E-state index in [9.17, 15) is 4.79 Å². The summed E-state index contributed by atoms with van der Waals surface area (Å²) in [5, 5.41) is 0. The fourth-order valence-corrected chi connectivity index (χ4v) is 103. The van der Waals surface area contributed by atoms with Gasteiger partial charge in [-0.05, 0) is 0 Å². The molecule has 10 aliphatic heterocycles. The molecule has 10 aliphatic rings. The van der Waals surface area contributed by atoms with E-state index in [1.165, 1.54) is 41.7 Å². The molecule has 0 N–H and O–H groups in total. The first-order chi connectivity index (χ1) is 8.39. The zero-order valence-corrected chi connectivity index (χ0v) is 12.3. The third-order valence-corrected chi connectivity index (χ3v) is 62.1. The number of Topliss-reactive ketones (excluding diaryl/α,β-unsaturated/α-hetero) is 1. The van der Waals surface area contributed by atoms with Crippen molar-refractivity contribution >= 4 is 5.78 Å². The topological polar surface area (TPSA) is 17.1 Å². The Balaban J connectivity index is 1.76. The quantitative estimate of drug-likeness (QED) is 0.674. The SMILES string of the molecule is CC[C]12[CH]3[CH]4[C]5(C(C)=O)[C]1(CC)[Fe]34251678[CH]2[CH]1[CH]6[CH]7[CH]28. The zero-order valence-electron chi connectivity index (χ0n) is 11.2. The number of carbonyl (C=O) groups is 1. The van der Waals surface area contributed by atoms with Gasteiger partial charge in [-0.1, -0.05) is 0 Å². The van der Waals surface area contributed by atoms with Crippen LogP contribution in [0.5, 0.6) is 0 Å². The molecule has 0 amide bonds. The normalized spacial score (nSPS) is 121. The molecule has 1 spiro atoms. The van der Waals surface area contributed by atoms with Crippen molar-refractivity contribution in [2.24, 2.45) is 0 Å². The van der Waals surface area contributed by atoms with Crippen LogP contribution in [0, 0.1) is 0 Å². The Kier molecular flexibility index (Phi) is 0.229. The van der Waals surface area contributed by atoms with Gasteiger partial charge >= 0.3 is 97.4 Å². The van der Waals surface area contributed by atoms with Gasteiger partial charge in [0.05, 0.1) is 0 Å². The summed E-state index contributed by atoms with van der Waals surface area (Å²) in [5.74, 6) is 0.735. The fraction of sp³-hybridized carbons (Fsp3) is 0.938. The van der Waals surface area contributed by atoms with Crippen molar-refractivity contribution in [2.75, 3.05) is 0 Å². The van der Waals surface area contributed by atoms with Gasteiger partial charge in [0.25, 0.3) is 0 Å². The maximum absolute atomic E-state index is 12.9. The monoisotopic (exact) mass is 284 g/mol. The molecule has 0 aromatic carbocycles. The van der Waals surface area contributed by atoms with E-state index in [4.69, 9.17) is 0 Å². The fourth-order valence-electron chi connectivity index (χ4n) is 21.0. The Labute approximate surface area is 97.4 Å². The number of hydrogen-bond donors (Lipinski definition) is 0. The third kappa shape index (κ3) is 0.0583. The van der Waals surface area contributed by atoms with E-state index in [0.717, 1.165) is 19.2 Å². The summed E-state index contributed by atoms with van der Waals surface area (Å²) in [5.41, 5.74) is 0. The average molecular weight is 284 g/mol. The van der Waals surface area contributed by atoms with Gasteiger partial charge < -0.3 is 0 Å². The minimum atomic E-state index is -3.38. The van der Waals surface area contributed by atoms with Crippen LogP contribution in [0.3, 0.4) is 0 Å². The molecule has 10 rings (SSSR count). The molecule has 98 valence electrons. The summed E-state index contributed by atoms with van der Waals surface area (Å²) in [6.45, 7) is 3.66. The van der Waals surface area contributed by atoms with Gasteiger partial charge in [-0.3, -0.25) is 0 Å². The Bertz CT molecular complexity index is 1070. The predicted octanol–water partition coefficient (Wildman–Crippen LogP) is 4.90. The molecule has 0 aromatic rings. The van der Waals surface area contributed by atoms with Crippen LogP contribution in [0.25, 0.3) is 0 Å². The number of ketones is 1. The second-order valence-electron chi connectivity index (χ2n) is 11.4. The minimum absolute atomic E-state index is 0.464. The number of hydrogen-bond acceptors (Lipinski definition) is 1. The van der Waals surface area contributed by atoms with E-state index in [2.05, 4.69) is 13.8 Å². The van der Waals surface area contributed by atoms with Crippen molar-refractivity contribution in [3.8, 4) is 0 Å². The molecule has 18 heavy (non-hydrogen) atoms. The van der Waals surface area contributed by atoms with Crippen LogP contribution in [-0.4, -0.2) is 5.78 Å². The maximum atomic E-state index is 12.9. The van der Waals surface area contributed by atoms with Gasteiger partial charge in [0, 0.05) is 0 Å². The van der Waals surface area contributed by atoms with Crippen LogP contribution in [0.1, 0.15) is 33.6 Å². The zero-order chi connectivity index (χ0) is 11.8. The second kappa shape index (κ2) is 0.566. The summed E-state index contributed by atoms with van der Waals surface area (Å²) in [6, 6.07) is 0. The van der Waals surface area contributed by atoms with Crippen LogP contribution < -0.4 is 0 Å². The van der Waals surface area contributed by atoms with Crippen LogP contribution in [-0.2, 0) is 11.3 Å². The van der Waals surface area contributed by atoms with Crippen molar-refractivity contribution in [2.45, 2.75) is 80.3 Å². The van der Waals surface area contributed by atoms with Crippen LogP contribution in [0.2, 0.25) is 46.7 Å². The van der Waals surface area contributed by atoms with E-state index >= 15 is 0 Å². The van der Waals surface area contributed by atoms with E-state index in [0.29, 0.717) is 4.31 Å². The molecule has 2 heteroatoms. The first-order valence-corrected chi connectivity index (χ1v) is 14.2. The van der Waals surface area contributed by atoms with Crippen molar-refractivity contribution in [1.82, 2.24) is 0 Å².